The number of hydrogen-bond acceptors (Lipinski definition) is 2. The topological polar surface area (TPSA) is 42.2 Å². The second-order valence-electron chi connectivity index (χ2n) is 3.41. The Hall–Kier alpha value is -1.77. The van der Waals surface area contributed by atoms with Gasteiger partial charge in [-0.1, -0.05) is 12.1 Å². The lowest BCUT2D eigenvalue weighted by molar-refractivity contribution is 0.478. The van der Waals surface area contributed by atoms with Crippen LogP contribution in [-0.4, -0.2) is 9.67 Å². The first-order valence-electron chi connectivity index (χ1n) is 4.39. The average Bonchev–Trinajstić information content (AvgIpc) is 2.14. The summed E-state index contributed by atoms with van der Waals surface area (Å²) in [6.45, 7) is 1.77. The van der Waals surface area contributed by atoms with E-state index in [9.17, 15) is 9.90 Å². The molecular formula is C11H11NO2. The summed E-state index contributed by atoms with van der Waals surface area (Å²) in [5.41, 5.74) is 1.20. The number of aromatic nitrogens is 1. The molecule has 0 aliphatic rings. The zero-order chi connectivity index (χ0) is 10.3. The molecule has 72 valence electrons. The summed E-state index contributed by atoms with van der Waals surface area (Å²) in [5, 5.41) is 10.5. The van der Waals surface area contributed by atoms with Crippen molar-refractivity contribution in [3.63, 3.8) is 0 Å². The highest BCUT2D eigenvalue weighted by Gasteiger charge is 2.05. The lowest BCUT2D eigenvalue weighted by Crippen LogP contribution is -2.19. The average molecular weight is 189 g/mol. The van der Waals surface area contributed by atoms with Crippen molar-refractivity contribution in [2.45, 2.75) is 6.92 Å². The van der Waals surface area contributed by atoms with Gasteiger partial charge in [-0.3, -0.25) is 4.79 Å². The number of aryl methyl sites for hydroxylation is 2. The number of fused-ring (bicyclic) bond motifs is 1. The molecule has 1 aromatic heterocycles. The summed E-state index contributed by atoms with van der Waals surface area (Å²) in [6.07, 6.45) is 0. The maximum Gasteiger partial charge on any atom is 0.253 e. The molecule has 3 heteroatoms. The Bertz CT molecular complexity index is 555. The van der Waals surface area contributed by atoms with Crippen molar-refractivity contribution in [1.82, 2.24) is 4.57 Å². The van der Waals surface area contributed by atoms with Gasteiger partial charge in [0.1, 0.15) is 5.75 Å². The fraction of sp³-hybridized carbons (Fsp3) is 0.182. The largest absolute Gasteiger partial charge is 0.506 e. The first-order chi connectivity index (χ1) is 6.61. The number of aromatic hydroxyl groups is 1. The SMILES string of the molecule is Cc1cc2cccc(O)c2n(C)c1=O. The van der Waals surface area contributed by atoms with Crippen molar-refractivity contribution in [2.75, 3.05) is 0 Å². The van der Waals surface area contributed by atoms with Crippen LogP contribution in [0.25, 0.3) is 10.9 Å². The number of hydrogen-bond donors (Lipinski definition) is 1. The zero-order valence-corrected chi connectivity index (χ0v) is 8.11. The Kier molecular flexibility index (Phi) is 1.81. The Morgan fingerprint density at radius 3 is 2.79 bits per heavy atom. The second-order valence-corrected chi connectivity index (χ2v) is 3.41. The van der Waals surface area contributed by atoms with Crippen LogP contribution in [0.1, 0.15) is 5.56 Å². The van der Waals surface area contributed by atoms with E-state index in [0.29, 0.717) is 11.1 Å². The van der Waals surface area contributed by atoms with Crippen LogP contribution in [-0.2, 0) is 7.05 Å². The molecule has 1 heterocycles. The van der Waals surface area contributed by atoms with Crippen LogP contribution in [0.3, 0.4) is 0 Å². The highest BCUT2D eigenvalue weighted by molar-refractivity contribution is 5.85. The second kappa shape index (κ2) is 2.87. The first kappa shape index (κ1) is 8.81. The molecule has 0 saturated carbocycles. The highest BCUT2D eigenvalue weighted by Crippen LogP contribution is 2.22. The first-order valence-corrected chi connectivity index (χ1v) is 4.39. The van der Waals surface area contributed by atoms with Crippen LogP contribution in [0.2, 0.25) is 0 Å². The number of nitrogens with zero attached hydrogens (tertiary/aromatic N) is 1. The molecule has 0 aliphatic carbocycles. The fourth-order valence-electron chi connectivity index (χ4n) is 1.69. The van der Waals surface area contributed by atoms with Crippen molar-refractivity contribution in [1.29, 1.82) is 0 Å². The third kappa shape index (κ3) is 1.09. The van der Waals surface area contributed by atoms with Gasteiger partial charge in [0.2, 0.25) is 0 Å². The van der Waals surface area contributed by atoms with E-state index in [2.05, 4.69) is 0 Å². The summed E-state index contributed by atoms with van der Waals surface area (Å²) in [4.78, 5) is 11.6. The number of benzene rings is 1. The molecule has 3 nitrogen and oxygen atoms in total. The third-order valence-electron chi connectivity index (χ3n) is 2.40. The Morgan fingerprint density at radius 2 is 2.07 bits per heavy atom. The molecule has 0 amide bonds. The van der Waals surface area contributed by atoms with Crippen molar-refractivity contribution < 1.29 is 5.11 Å². The molecule has 0 saturated heterocycles. The smallest absolute Gasteiger partial charge is 0.253 e. The lowest BCUT2D eigenvalue weighted by atomic mass is 10.1. The van der Waals surface area contributed by atoms with Gasteiger partial charge in [0.05, 0.1) is 5.52 Å². The molecular weight excluding hydrogens is 178 g/mol. The summed E-state index contributed by atoms with van der Waals surface area (Å²) in [6, 6.07) is 7.01. The van der Waals surface area contributed by atoms with E-state index in [1.54, 1.807) is 32.2 Å². The normalized spacial score (nSPS) is 10.7. The standard InChI is InChI=1S/C11H11NO2/c1-7-6-8-4-3-5-9(13)10(8)12(2)11(7)14/h3-6,13H,1-2H3. The molecule has 0 radical (unpaired) electrons. The summed E-state index contributed by atoms with van der Waals surface area (Å²) in [5.74, 6) is 0.141. The van der Waals surface area contributed by atoms with E-state index >= 15 is 0 Å². The van der Waals surface area contributed by atoms with E-state index in [4.69, 9.17) is 0 Å². The Labute approximate surface area is 81.2 Å². The fourth-order valence-corrected chi connectivity index (χ4v) is 1.69. The number of para-hydroxylation sites is 1. The molecule has 14 heavy (non-hydrogen) atoms. The molecule has 0 atom stereocenters. The van der Waals surface area contributed by atoms with Gasteiger partial charge in [0, 0.05) is 18.0 Å². The van der Waals surface area contributed by atoms with Crippen molar-refractivity contribution in [3.8, 4) is 5.75 Å². The van der Waals surface area contributed by atoms with E-state index in [-0.39, 0.29) is 11.3 Å². The van der Waals surface area contributed by atoms with Gasteiger partial charge < -0.3 is 9.67 Å². The molecule has 2 rings (SSSR count). The van der Waals surface area contributed by atoms with Crippen LogP contribution < -0.4 is 5.56 Å². The maximum absolute atomic E-state index is 11.6. The molecule has 0 unspecified atom stereocenters. The summed E-state index contributed by atoms with van der Waals surface area (Å²) < 4.78 is 1.47. The summed E-state index contributed by atoms with van der Waals surface area (Å²) in [7, 11) is 1.66. The molecule has 2 aromatic rings. The minimum absolute atomic E-state index is 0.0704. The van der Waals surface area contributed by atoms with E-state index in [1.165, 1.54) is 4.57 Å². The van der Waals surface area contributed by atoms with E-state index in [1.807, 2.05) is 6.07 Å². The minimum Gasteiger partial charge on any atom is -0.506 e. The van der Waals surface area contributed by atoms with Gasteiger partial charge in [0.25, 0.3) is 5.56 Å². The zero-order valence-electron chi connectivity index (χ0n) is 8.11. The predicted molar refractivity (Wildman–Crippen MR) is 55.6 cm³/mol. The van der Waals surface area contributed by atoms with E-state index in [0.717, 1.165) is 5.39 Å². The van der Waals surface area contributed by atoms with Crippen molar-refractivity contribution >= 4 is 10.9 Å². The minimum atomic E-state index is -0.0704. The van der Waals surface area contributed by atoms with E-state index < -0.39 is 0 Å². The Morgan fingerprint density at radius 1 is 1.36 bits per heavy atom. The number of pyridine rings is 1. The van der Waals surface area contributed by atoms with Crippen LogP contribution in [0, 0.1) is 6.92 Å². The molecule has 1 aromatic carbocycles. The number of phenols is 1. The quantitative estimate of drug-likeness (QED) is 0.683. The third-order valence-corrected chi connectivity index (χ3v) is 2.40. The Balaban J connectivity index is 3.07. The van der Waals surface area contributed by atoms with Crippen molar-refractivity contribution in [2.24, 2.45) is 7.05 Å². The highest BCUT2D eigenvalue weighted by atomic mass is 16.3. The van der Waals surface area contributed by atoms with Gasteiger partial charge in [0.15, 0.2) is 0 Å². The van der Waals surface area contributed by atoms with Crippen LogP contribution in [0.5, 0.6) is 5.75 Å². The maximum atomic E-state index is 11.6. The van der Waals surface area contributed by atoms with Crippen LogP contribution in [0.4, 0.5) is 0 Å². The van der Waals surface area contributed by atoms with Crippen LogP contribution in [0.15, 0.2) is 29.1 Å². The van der Waals surface area contributed by atoms with Gasteiger partial charge in [-0.15, -0.1) is 0 Å². The van der Waals surface area contributed by atoms with Gasteiger partial charge in [-0.05, 0) is 19.1 Å². The van der Waals surface area contributed by atoms with Gasteiger partial charge >= 0.3 is 0 Å². The molecule has 0 fully saturated rings. The lowest BCUT2D eigenvalue weighted by Gasteiger charge is -2.07. The van der Waals surface area contributed by atoms with Gasteiger partial charge in [-0.25, -0.2) is 0 Å². The molecule has 0 aliphatic heterocycles. The molecule has 0 spiro atoms. The number of rotatable bonds is 0. The number of phenolic OH excluding ortho intramolecular Hbond substituents is 1. The summed E-state index contributed by atoms with van der Waals surface area (Å²) >= 11 is 0. The predicted octanol–water partition coefficient (Wildman–Crippen LogP) is 1.55. The van der Waals surface area contributed by atoms with Crippen molar-refractivity contribution in [3.05, 3.63) is 40.2 Å². The molecule has 0 bridgehead atoms. The van der Waals surface area contributed by atoms with Gasteiger partial charge in [-0.2, -0.15) is 0 Å². The van der Waals surface area contributed by atoms with Crippen LogP contribution >= 0.6 is 0 Å². The molecule has 1 N–H and O–H groups in total. The monoisotopic (exact) mass is 189 g/mol.